The zero-order valence-corrected chi connectivity index (χ0v) is 12.3. The van der Waals surface area contributed by atoms with Crippen LogP contribution >= 0.6 is 23.4 Å². The van der Waals surface area contributed by atoms with Gasteiger partial charge < -0.3 is 5.32 Å². The predicted octanol–water partition coefficient (Wildman–Crippen LogP) is 4.18. The van der Waals surface area contributed by atoms with E-state index >= 15 is 0 Å². The molecule has 0 spiro atoms. The van der Waals surface area contributed by atoms with Gasteiger partial charge in [-0.3, -0.25) is 0 Å². The molecule has 1 rings (SSSR count). The van der Waals surface area contributed by atoms with Crippen molar-refractivity contribution in [1.29, 1.82) is 0 Å². The van der Waals surface area contributed by atoms with Crippen LogP contribution in [0.3, 0.4) is 0 Å². The standard InChI is InChI=1S/C14H22ClNS/c1-3-16-11-13(8-9-17-4-2)12-6-5-7-14(15)10-12/h5-7,10,13,16H,3-4,8-9,11H2,1-2H3. The first-order valence-electron chi connectivity index (χ1n) is 6.31. The second-order valence-electron chi connectivity index (χ2n) is 4.05. The third-order valence-corrected chi connectivity index (χ3v) is 3.94. The summed E-state index contributed by atoms with van der Waals surface area (Å²) in [6.45, 7) is 6.43. The maximum absolute atomic E-state index is 6.06. The van der Waals surface area contributed by atoms with Crippen LogP contribution in [0.5, 0.6) is 0 Å². The molecular weight excluding hydrogens is 250 g/mol. The Bertz CT molecular complexity index is 317. The van der Waals surface area contributed by atoms with Gasteiger partial charge in [0.15, 0.2) is 0 Å². The monoisotopic (exact) mass is 271 g/mol. The van der Waals surface area contributed by atoms with Crippen molar-refractivity contribution in [3.8, 4) is 0 Å². The van der Waals surface area contributed by atoms with Gasteiger partial charge in [0.2, 0.25) is 0 Å². The van der Waals surface area contributed by atoms with E-state index in [2.05, 4.69) is 31.3 Å². The summed E-state index contributed by atoms with van der Waals surface area (Å²) < 4.78 is 0. The smallest absolute Gasteiger partial charge is 0.0408 e. The maximum atomic E-state index is 6.06. The number of benzene rings is 1. The van der Waals surface area contributed by atoms with Gasteiger partial charge >= 0.3 is 0 Å². The van der Waals surface area contributed by atoms with Crippen molar-refractivity contribution >= 4 is 23.4 Å². The molecular formula is C14H22ClNS. The molecule has 1 unspecified atom stereocenters. The van der Waals surface area contributed by atoms with Crippen LogP contribution in [0.4, 0.5) is 0 Å². The molecule has 1 aromatic carbocycles. The summed E-state index contributed by atoms with van der Waals surface area (Å²) in [6.07, 6.45) is 1.21. The van der Waals surface area contributed by atoms with Crippen molar-refractivity contribution in [2.24, 2.45) is 0 Å². The highest BCUT2D eigenvalue weighted by Crippen LogP contribution is 2.23. The van der Waals surface area contributed by atoms with Gasteiger partial charge in [0.1, 0.15) is 0 Å². The molecule has 0 fully saturated rings. The first-order valence-corrected chi connectivity index (χ1v) is 7.85. The van der Waals surface area contributed by atoms with Crippen molar-refractivity contribution in [3.63, 3.8) is 0 Å². The number of hydrogen-bond acceptors (Lipinski definition) is 2. The molecule has 0 heterocycles. The Kier molecular flexibility index (Phi) is 7.74. The Hall–Kier alpha value is -0.180. The highest BCUT2D eigenvalue weighted by molar-refractivity contribution is 7.99. The van der Waals surface area contributed by atoms with Crippen molar-refractivity contribution in [3.05, 3.63) is 34.9 Å². The van der Waals surface area contributed by atoms with Crippen LogP contribution in [-0.4, -0.2) is 24.6 Å². The van der Waals surface area contributed by atoms with Gasteiger partial charge in [-0.05, 0) is 48.1 Å². The Balaban J connectivity index is 2.60. The maximum Gasteiger partial charge on any atom is 0.0408 e. The van der Waals surface area contributed by atoms with E-state index < -0.39 is 0 Å². The number of thioether (sulfide) groups is 1. The molecule has 0 radical (unpaired) electrons. The summed E-state index contributed by atoms with van der Waals surface area (Å²) in [4.78, 5) is 0. The average Bonchev–Trinajstić information content (AvgIpc) is 2.33. The van der Waals surface area contributed by atoms with Crippen molar-refractivity contribution in [2.75, 3.05) is 24.6 Å². The molecule has 3 heteroatoms. The second kappa shape index (κ2) is 8.84. The first-order chi connectivity index (χ1) is 8.27. The van der Waals surface area contributed by atoms with Crippen molar-refractivity contribution in [2.45, 2.75) is 26.2 Å². The number of hydrogen-bond donors (Lipinski definition) is 1. The zero-order valence-electron chi connectivity index (χ0n) is 10.7. The van der Waals surface area contributed by atoms with Crippen LogP contribution in [0.15, 0.2) is 24.3 Å². The molecule has 0 amide bonds. The lowest BCUT2D eigenvalue weighted by molar-refractivity contribution is 0.587. The topological polar surface area (TPSA) is 12.0 Å². The van der Waals surface area contributed by atoms with E-state index in [1.807, 2.05) is 23.9 Å². The van der Waals surface area contributed by atoms with Gasteiger partial charge in [0.05, 0.1) is 0 Å². The quantitative estimate of drug-likeness (QED) is 0.712. The minimum absolute atomic E-state index is 0.577. The van der Waals surface area contributed by atoms with Gasteiger partial charge in [0.25, 0.3) is 0 Å². The Morgan fingerprint density at radius 1 is 1.35 bits per heavy atom. The summed E-state index contributed by atoms with van der Waals surface area (Å²) in [6, 6.07) is 8.27. The summed E-state index contributed by atoms with van der Waals surface area (Å²) in [5.74, 6) is 3.00. The molecule has 1 nitrogen and oxygen atoms in total. The fourth-order valence-electron chi connectivity index (χ4n) is 1.84. The third-order valence-electron chi connectivity index (χ3n) is 2.78. The van der Waals surface area contributed by atoms with E-state index in [1.54, 1.807) is 0 Å². The lowest BCUT2D eigenvalue weighted by atomic mass is 9.96. The van der Waals surface area contributed by atoms with Gasteiger partial charge in [0, 0.05) is 11.6 Å². The van der Waals surface area contributed by atoms with Crippen molar-refractivity contribution in [1.82, 2.24) is 5.32 Å². The number of halogens is 1. The normalized spacial score (nSPS) is 12.6. The van der Waals surface area contributed by atoms with Crippen LogP contribution in [0.2, 0.25) is 5.02 Å². The van der Waals surface area contributed by atoms with E-state index in [0.29, 0.717) is 5.92 Å². The molecule has 1 N–H and O–H groups in total. The molecule has 0 aliphatic heterocycles. The Morgan fingerprint density at radius 2 is 2.18 bits per heavy atom. The molecule has 0 aromatic heterocycles. The fraction of sp³-hybridized carbons (Fsp3) is 0.571. The Labute approximate surface area is 114 Å². The fourth-order valence-corrected chi connectivity index (χ4v) is 2.77. The molecule has 1 aromatic rings. The molecule has 0 aliphatic rings. The van der Waals surface area contributed by atoms with E-state index in [-0.39, 0.29) is 0 Å². The summed E-state index contributed by atoms with van der Waals surface area (Å²) in [7, 11) is 0. The molecule has 0 bridgehead atoms. The van der Waals surface area contributed by atoms with Crippen LogP contribution in [0.25, 0.3) is 0 Å². The minimum atomic E-state index is 0.577. The minimum Gasteiger partial charge on any atom is -0.316 e. The summed E-state index contributed by atoms with van der Waals surface area (Å²) in [5.41, 5.74) is 1.36. The highest BCUT2D eigenvalue weighted by Gasteiger charge is 2.11. The summed E-state index contributed by atoms with van der Waals surface area (Å²) in [5, 5.41) is 4.28. The van der Waals surface area contributed by atoms with Crippen LogP contribution in [-0.2, 0) is 0 Å². The first kappa shape index (κ1) is 14.9. The molecule has 17 heavy (non-hydrogen) atoms. The van der Waals surface area contributed by atoms with Crippen molar-refractivity contribution < 1.29 is 0 Å². The third kappa shape index (κ3) is 5.80. The van der Waals surface area contributed by atoms with Crippen LogP contribution < -0.4 is 5.32 Å². The average molecular weight is 272 g/mol. The second-order valence-corrected chi connectivity index (χ2v) is 5.88. The number of likely N-dealkylation sites (N-methyl/N-ethyl adjacent to an activating group) is 1. The van der Waals surface area contributed by atoms with E-state index in [1.165, 1.54) is 23.5 Å². The van der Waals surface area contributed by atoms with Crippen LogP contribution in [0, 0.1) is 0 Å². The highest BCUT2D eigenvalue weighted by atomic mass is 35.5. The number of nitrogens with one attached hydrogen (secondary N) is 1. The van der Waals surface area contributed by atoms with Gasteiger partial charge in [-0.2, -0.15) is 11.8 Å². The predicted molar refractivity (Wildman–Crippen MR) is 80.4 cm³/mol. The van der Waals surface area contributed by atoms with Gasteiger partial charge in [-0.25, -0.2) is 0 Å². The SMILES string of the molecule is CCNCC(CCSCC)c1cccc(Cl)c1. The zero-order chi connectivity index (χ0) is 12.5. The van der Waals surface area contributed by atoms with E-state index in [0.717, 1.165) is 18.1 Å². The van der Waals surface area contributed by atoms with Gasteiger partial charge in [-0.15, -0.1) is 0 Å². The van der Waals surface area contributed by atoms with Crippen LogP contribution in [0.1, 0.15) is 31.7 Å². The molecule has 0 saturated heterocycles. The lowest BCUT2D eigenvalue weighted by Crippen LogP contribution is -2.21. The molecule has 1 atom stereocenters. The van der Waals surface area contributed by atoms with Gasteiger partial charge in [-0.1, -0.05) is 37.6 Å². The largest absolute Gasteiger partial charge is 0.316 e. The Morgan fingerprint density at radius 3 is 2.82 bits per heavy atom. The lowest BCUT2D eigenvalue weighted by Gasteiger charge is -2.17. The van der Waals surface area contributed by atoms with E-state index in [4.69, 9.17) is 11.6 Å². The molecule has 96 valence electrons. The molecule has 0 saturated carbocycles. The number of rotatable bonds is 8. The summed E-state index contributed by atoms with van der Waals surface area (Å²) >= 11 is 8.07. The van der Waals surface area contributed by atoms with E-state index in [9.17, 15) is 0 Å². The molecule has 0 aliphatic carbocycles.